The van der Waals surface area contributed by atoms with Crippen molar-refractivity contribution in [1.29, 1.82) is 0 Å². The van der Waals surface area contributed by atoms with Gasteiger partial charge in [-0.25, -0.2) is 13.8 Å². The molecule has 0 aliphatic rings. The topological polar surface area (TPSA) is 24.9 Å². The van der Waals surface area contributed by atoms with Crippen molar-refractivity contribution in [2.24, 2.45) is 5.41 Å². The molecule has 0 fully saturated rings. The van der Waals surface area contributed by atoms with E-state index in [1.54, 1.807) is 0 Å². The van der Waals surface area contributed by atoms with Gasteiger partial charge in [0.15, 0.2) is 11.6 Å². The lowest BCUT2D eigenvalue weighted by molar-refractivity contribution is 0.354. The summed E-state index contributed by atoms with van der Waals surface area (Å²) in [6.07, 6.45) is 2.85. The van der Waals surface area contributed by atoms with E-state index in [1.807, 2.05) is 0 Å². The summed E-state index contributed by atoms with van der Waals surface area (Å²) < 4.78 is 25.9. The molecule has 0 saturated carbocycles. The number of pyridine rings is 1. The number of hydrogen-bond acceptors (Lipinski definition) is 2. The molecule has 0 aliphatic heterocycles. The molecular formula is C12H17ClF2N2. The van der Waals surface area contributed by atoms with Crippen molar-refractivity contribution >= 4 is 17.4 Å². The molecule has 0 atom stereocenters. The Kier molecular flexibility index (Phi) is 5.12. The molecule has 0 amide bonds. The normalized spacial score (nSPS) is 11.6. The van der Waals surface area contributed by atoms with E-state index < -0.39 is 11.6 Å². The highest BCUT2D eigenvalue weighted by Crippen LogP contribution is 2.23. The lowest BCUT2D eigenvalue weighted by Gasteiger charge is -2.24. The summed E-state index contributed by atoms with van der Waals surface area (Å²) in [5, 5.41) is 2.89. The number of halogens is 3. The van der Waals surface area contributed by atoms with Crippen molar-refractivity contribution in [1.82, 2.24) is 4.98 Å². The maximum Gasteiger partial charge on any atom is 0.168 e. The Balaban J connectivity index is 2.54. The van der Waals surface area contributed by atoms with E-state index in [2.05, 4.69) is 24.1 Å². The predicted octanol–water partition coefficient (Wildman–Crippen LogP) is 3.82. The van der Waals surface area contributed by atoms with Gasteiger partial charge < -0.3 is 5.32 Å². The van der Waals surface area contributed by atoms with E-state index in [1.165, 1.54) is 0 Å². The minimum Gasteiger partial charge on any atom is -0.367 e. The largest absolute Gasteiger partial charge is 0.367 e. The van der Waals surface area contributed by atoms with Crippen molar-refractivity contribution in [3.05, 3.63) is 23.9 Å². The third-order valence-electron chi connectivity index (χ3n) is 2.53. The van der Waals surface area contributed by atoms with Gasteiger partial charge in [-0.2, -0.15) is 0 Å². The van der Waals surface area contributed by atoms with E-state index in [4.69, 9.17) is 11.6 Å². The van der Waals surface area contributed by atoms with Crippen LogP contribution in [-0.4, -0.2) is 17.4 Å². The first-order valence-corrected chi connectivity index (χ1v) is 6.09. The number of hydrogen-bond donors (Lipinski definition) is 1. The van der Waals surface area contributed by atoms with Gasteiger partial charge in [-0.05, 0) is 18.3 Å². The summed E-state index contributed by atoms with van der Waals surface area (Å²) in [5.41, 5.74) is -0.00258. The van der Waals surface area contributed by atoms with Crippen LogP contribution in [0.15, 0.2) is 12.3 Å². The average molecular weight is 263 g/mol. The van der Waals surface area contributed by atoms with Gasteiger partial charge in [-0.15, -0.1) is 11.6 Å². The predicted molar refractivity (Wildman–Crippen MR) is 66.4 cm³/mol. The van der Waals surface area contributed by atoms with Crippen LogP contribution in [0, 0.1) is 17.0 Å². The fourth-order valence-corrected chi connectivity index (χ4v) is 1.64. The Morgan fingerprint density at radius 2 is 2.12 bits per heavy atom. The molecule has 2 nitrogen and oxygen atoms in total. The first-order valence-electron chi connectivity index (χ1n) is 5.55. The van der Waals surface area contributed by atoms with Crippen LogP contribution in [0.4, 0.5) is 14.6 Å². The second kappa shape index (κ2) is 6.15. The Morgan fingerprint density at radius 1 is 1.41 bits per heavy atom. The van der Waals surface area contributed by atoms with Crippen molar-refractivity contribution in [2.75, 3.05) is 17.7 Å². The molecule has 0 aromatic carbocycles. The van der Waals surface area contributed by atoms with Gasteiger partial charge >= 0.3 is 0 Å². The molecule has 0 radical (unpaired) electrons. The summed E-state index contributed by atoms with van der Waals surface area (Å²) in [7, 11) is 0. The van der Waals surface area contributed by atoms with Crippen LogP contribution >= 0.6 is 11.6 Å². The molecule has 0 bridgehead atoms. The van der Waals surface area contributed by atoms with Gasteiger partial charge in [0.05, 0.1) is 6.20 Å². The van der Waals surface area contributed by atoms with Crippen molar-refractivity contribution in [3.63, 3.8) is 0 Å². The number of rotatable bonds is 6. The molecule has 17 heavy (non-hydrogen) atoms. The van der Waals surface area contributed by atoms with Gasteiger partial charge in [0.25, 0.3) is 0 Å². The van der Waals surface area contributed by atoms with Crippen LogP contribution in [0.2, 0.25) is 0 Å². The first kappa shape index (κ1) is 14.2. The van der Waals surface area contributed by atoms with Crippen molar-refractivity contribution < 1.29 is 8.78 Å². The first-order chi connectivity index (χ1) is 7.94. The highest BCUT2D eigenvalue weighted by molar-refractivity contribution is 6.17. The zero-order valence-electron chi connectivity index (χ0n) is 10.1. The number of alkyl halides is 1. The standard InChI is InChI=1S/C12H17ClF2N2/c1-12(2,4-3-5-13)8-17-11-10(15)6-9(14)7-16-11/h6-7H,3-5,8H2,1-2H3,(H,16,17). The molecule has 0 unspecified atom stereocenters. The van der Waals surface area contributed by atoms with Gasteiger partial charge in [0.1, 0.15) is 5.82 Å². The third-order valence-corrected chi connectivity index (χ3v) is 2.80. The number of aromatic nitrogens is 1. The lowest BCUT2D eigenvalue weighted by Crippen LogP contribution is -2.24. The van der Waals surface area contributed by atoms with Crippen LogP contribution in [0.3, 0.4) is 0 Å². The molecule has 5 heteroatoms. The maximum absolute atomic E-state index is 13.3. The quantitative estimate of drug-likeness (QED) is 0.789. The fourth-order valence-electron chi connectivity index (χ4n) is 1.50. The van der Waals surface area contributed by atoms with Crippen LogP contribution in [-0.2, 0) is 0 Å². The van der Waals surface area contributed by atoms with E-state index in [9.17, 15) is 8.78 Å². The minimum absolute atomic E-state index is 0.00258. The van der Waals surface area contributed by atoms with E-state index in [0.717, 1.165) is 25.1 Å². The summed E-state index contributed by atoms with van der Waals surface area (Å²) in [6.45, 7) is 4.70. The van der Waals surface area contributed by atoms with Crippen molar-refractivity contribution in [3.8, 4) is 0 Å². The van der Waals surface area contributed by atoms with Crippen LogP contribution in [0.1, 0.15) is 26.7 Å². The van der Waals surface area contributed by atoms with Crippen molar-refractivity contribution in [2.45, 2.75) is 26.7 Å². The Morgan fingerprint density at radius 3 is 2.71 bits per heavy atom. The van der Waals surface area contributed by atoms with Gasteiger partial charge in [-0.3, -0.25) is 0 Å². The molecule has 1 N–H and O–H groups in total. The second-order valence-corrected chi connectivity index (χ2v) is 5.17. The molecule has 1 aromatic rings. The Bertz CT molecular complexity index is 370. The average Bonchev–Trinajstić information content (AvgIpc) is 2.25. The smallest absolute Gasteiger partial charge is 0.168 e. The zero-order chi connectivity index (χ0) is 12.9. The van der Waals surface area contributed by atoms with E-state index in [0.29, 0.717) is 12.4 Å². The highest BCUT2D eigenvalue weighted by Gasteiger charge is 2.18. The number of nitrogens with one attached hydrogen (secondary N) is 1. The molecule has 0 saturated heterocycles. The Labute approximate surface area is 105 Å². The van der Waals surface area contributed by atoms with Gasteiger partial charge in [-0.1, -0.05) is 13.8 Å². The van der Waals surface area contributed by atoms with E-state index in [-0.39, 0.29) is 11.2 Å². The van der Waals surface area contributed by atoms with Crippen LogP contribution < -0.4 is 5.32 Å². The minimum atomic E-state index is -0.672. The van der Waals surface area contributed by atoms with Gasteiger partial charge in [0, 0.05) is 18.5 Å². The monoisotopic (exact) mass is 262 g/mol. The molecule has 1 rings (SSSR count). The molecule has 96 valence electrons. The summed E-state index contributed by atoms with van der Waals surface area (Å²) in [5.74, 6) is -0.634. The van der Waals surface area contributed by atoms with Gasteiger partial charge in [0.2, 0.25) is 0 Å². The fraction of sp³-hybridized carbons (Fsp3) is 0.583. The second-order valence-electron chi connectivity index (χ2n) is 4.79. The Hall–Kier alpha value is -0.900. The molecule has 1 aromatic heterocycles. The lowest BCUT2D eigenvalue weighted by atomic mass is 9.88. The molecule has 1 heterocycles. The number of nitrogens with zero attached hydrogens (tertiary/aromatic N) is 1. The maximum atomic E-state index is 13.3. The SMILES string of the molecule is CC(C)(CCCCl)CNc1ncc(F)cc1F. The zero-order valence-corrected chi connectivity index (χ0v) is 10.8. The number of anilines is 1. The summed E-state index contributed by atoms with van der Waals surface area (Å²) in [6, 6.07) is 0.821. The summed E-state index contributed by atoms with van der Waals surface area (Å²) >= 11 is 5.63. The molecule has 0 aliphatic carbocycles. The van der Waals surface area contributed by atoms with E-state index >= 15 is 0 Å². The highest BCUT2D eigenvalue weighted by atomic mass is 35.5. The molecular weight excluding hydrogens is 246 g/mol. The van der Waals surface area contributed by atoms with Crippen LogP contribution in [0.5, 0.6) is 0 Å². The van der Waals surface area contributed by atoms with Crippen LogP contribution in [0.25, 0.3) is 0 Å². The summed E-state index contributed by atoms with van der Waals surface area (Å²) in [4.78, 5) is 3.67. The molecule has 0 spiro atoms. The third kappa shape index (κ3) is 4.86.